The molecule has 30 heavy (non-hydrogen) atoms. The van der Waals surface area contributed by atoms with E-state index in [9.17, 15) is 12.8 Å². The van der Waals surface area contributed by atoms with Gasteiger partial charge >= 0.3 is 0 Å². The summed E-state index contributed by atoms with van der Waals surface area (Å²) in [5, 5.41) is 0. The van der Waals surface area contributed by atoms with Gasteiger partial charge in [-0.2, -0.15) is 4.31 Å². The summed E-state index contributed by atoms with van der Waals surface area (Å²) in [5.74, 6) is 0.467. The van der Waals surface area contributed by atoms with Crippen molar-refractivity contribution in [3.05, 3.63) is 88.8 Å². The molecule has 2 heterocycles. The summed E-state index contributed by atoms with van der Waals surface area (Å²) in [6.45, 7) is 4.98. The van der Waals surface area contributed by atoms with Gasteiger partial charge < -0.3 is 4.57 Å². The van der Waals surface area contributed by atoms with Gasteiger partial charge in [0.05, 0.1) is 11.8 Å². The lowest BCUT2D eigenvalue weighted by molar-refractivity contribution is 0.373. The number of benzene rings is 2. The van der Waals surface area contributed by atoms with E-state index < -0.39 is 10.0 Å². The van der Waals surface area contributed by atoms with Gasteiger partial charge in [-0.25, -0.2) is 17.8 Å². The summed E-state index contributed by atoms with van der Waals surface area (Å²) in [4.78, 5) is 4.58. The molecule has 1 aliphatic rings. The molecule has 7 heteroatoms. The van der Waals surface area contributed by atoms with E-state index in [0.29, 0.717) is 13.1 Å². The van der Waals surface area contributed by atoms with Crippen molar-refractivity contribution in [2.24, 2.45) is 0 Å². The van der Waals surface area contributed by atoms with Crippen molar-refractivity contribution in [1.82, 2.24) is 13.9 Å². The number of hydrogen-bond acceptors (Lipinski definition) is 3. The van der Waals surface area contributed by atoms with E-state index in [1.165, 1.54) is 12.1 Å². The molecule has 0 spiro atoms. The largest absolute Gasteiger partial charge is 0.327 e. The topological polar surface area (TPSA) is 55.2 Å². The molecule has 0 amide bonds. The maximum Gasteiger partial charge on any atom is 0.218 e. The second-order valence-corrected chi connectivity index (χ2v) is 9.90. The van der Waals surface area contributed by atoms with Gasteiger partial charge in [0.25, 0.3) is 0 Å². The average molecular weight is 428 g/mol. The molecule has 3 aromatic rings. The van der Waals surface area contributed by atoms with Gasteiger partial charge in [-0.3, -0.25) is 0 Å². The van der Waals surface area contributed by atoms with Crippen LogP contribution in [0.1, 0.15) is 47.1 Å². The van der Waals surface area contributed by atoms with E-state index in [1.807, 2.05) is 42.7 Å². The average Bonchev–Trinajstić information content (AvgIpc) is 3.33. The third kappa shape index (κ3) is 4.32. The van der Waals surface area contributed by atoms with Crippen molar-refractivity contribution in [3.63, 3.8) is 0 Å². The lowest BCUT2D eigenvalue weighted by Crippen LogP contribution is -2.33. The van der Waals surface area contributed by atoms with Crippen molar-refractivity contribution in [3.8, 4) is 0 Å². The number of sulfonamides is 1. The maximum atomic E-state index is 13.3. The maximum absolute atomic E-state index is 13.3. The van der Waals surface area contributed by atoms with Crippen LogP contribution in [0.25, 0.3) is 0 Å². The minimum atomic E-state index is -3.48. The predicted octanol–water partition coefficient (Wildman–Crippen LogP) is 4.35. The minimum absolute atomic E-state index is 0.0125. The number of hydrogen-bond donors (Lipinski definition) is 0. The fourth-order valence-electron chi connectivity index (χ4n) is 4.03. The Hall–Kier alpha value is -2.51. The molecule has 158 valence electrons. The Kier molecular flexibility index (Phi) is 5.75. The summed E-state index contributed by atoms with van der Waals surface area (Å²) in [6.07, 6.45) is 3.33. The van der Waals surface area contributed by atoms with Crippen molar-refractivity contribution in [2.45, 2.75) is 45.0 Å². The quantitative estimate of drug-likeness (QED) is 0.588. The van der Waals surface area contributed by atoms with E-state index in [4.69, 9.17) is 0 Å². The van der Waals surface area contributed by atoms with Crippen LogP contribution in [0.3, 0.4) is 0 Å². The van der Waals surface area contributed by atoms with Crippen molar-refractivity contribution >= 4 is 10.0 Å². The summed E-state index contributed by atoms with van der Waals surface area (Å²) < 4.78 is 43.4. The van der Waals surface area contributed by atoms with Crippen molar-refractivity contribution in [2.75, 3.05) is 6.54 Å². The van der Waals surface area contributed by atoms with Crippen molar-refractivity contribution < 1.29 is 12.8 Å². The van der Waals surface area contributed by atoms with Crippen LogP contribution in [-0.4, -0.2) is 28.8 Å². The molecule has 1 saturated heterocycles. The van der Waals surface area contributed by atoms with Gasteiger partial charge in [0, 0.05) is 25.0 Å². The lowest BCUT2D eigenvalue weighted by atomic mass is 10.2. The van der Waals surface area contributed by atoms with Gasteiger partial charge in [0.1, 0.15) is 11.6 Å². The van der Waals surface area contributed by atoms with Gasteiger partial charge in [-0.1, -0.05) is 42.0 Å². The van der Waals surface area contributed by atoms with Crippen LogP contribution in [0, 0.1) is 19.7 Å². The van der Waals surface area contributed by atoms with E-state index >= 15 is 0 Å². The molecule has 1 unspecified atom stereocenters. The molecule has 0 N–H and O–H groups in total. The molecule has 4 rings (SSSR count). The zero-order chi connectivity index (χ0) is 21.3. The number of halogens is 1. The molecule has 0 bridgehead atoms. The van der Waals surface area contributed by atoms with Crippen LogP contribution in [0.5, 0.6) is 0 Å². The Bertz CT molecular complexity index is 1120. The first kappa shape index (κ1) is 20.8. The highest BCUT2D eigenvalue weighted by atomic mass is 32.2. The molecular formula is C23H26FN3O2S. The number of aryl methyl sites for hydroxylation is 2. The molecule has 1 aromatic heterocycles. The number of aromatic nitrogens is 2. The first-order valence-electron chi connectivity index (χ1n) is 10.1. The van der Waals surface area contributed by atoms with Gasteiger partial charge in [0.15, 0.2) is 0 Å². The normalized spacial score (nSPS) is 17.5. The molecule has 1 atom stereocenters. The predicted molar refractivity (Wildman–Crippen MR) is 115 cm³/mol. The highest BCUT2D eigenvalue weighted by Crippen LogP contribution is 2.35. The molecule has 0 saturated carbocycles. The molecular weight excluding hydrogens is 401 g/mol. The molecule has 0 aliphatic carbocycles. The van der Waals surface area contributed by atoms with E-state index in [0.717, 1.165) is 41.1 Å². The molecule has 2 aromatic carbocycles. The lowest BCUT2D eigenvalue weighted by Gasteiger charge is -2.25. The first-order valence-corrected chi connectivity index (χ1v) is 11.8. The Labute approximate surface area is 177 Å². The van der Waals surface area contributed by atoms with E-state index in [-0.39, 0.29) is 17.6 Å². The third-order valence-corrected chi connectivity index (χ3v) is 7.52. The van der Waals surface area contributed by atoms with Crippen LogP contribution in [-0.2, 0) is 22.3 Å². The fraction of sp³-hybridized carbons (Fsp3) is 0.348. The molecule has 1 fully saturated rings. The SMILES string of the molecule is Cc1ccc(CS(=O)(=O)N2CCCC2c2ncc(C)n2Cc2ccc(F)cc2)cc1. The van der Waals surface area contributed by atoms with E-state index in [1.54, 1.807) is 22.6 Å². The second kappa shape index (κ2) is 8.32. The smallest absolute Gasteiger partial charge is 0.218 e. The zero-order valence-corrected chi connectivity index (χ0v) is 18.1. The van der Waals surface area contributed by atoms with Crippen LogP contribution < -0.4 is 0 Å². The fourth-order valence-corrected chi connectivity index (χ4v) is 5.81. The molecule has 1 aliphatic heterocycles. The highest BCUT2D eigenvalue weighted by molar-refractivity contribution is 7.88. The monoisotopic (exact) mass is 427 g/mol. The van der Waals surface area contributed by atoms with Gasteiger partial charge in [-0.05, 0) is 49.9 Å². The summed E-state index contributed by atoms with van der Waals surface area (Å²) >= 11 is 0. The zero-order valence-electron chi connectivity index (χ0n) is 17.3. The Balaban J connectivity index is 1.60. The third-order valence-electron chi connectivity index (χ3n) is 5.67. The standard InChI is InChI=1S/C23H26FN3O2S/c1-17-5-7-20(8-6-17)16-30(28,29)27-13-3-4-22(27)23-25-14-18(2)26(23)15-19-9-11-21(24)12-10-19/h5-12,14,22H,3-4,13,15-16H2,1-2H3. The van der Waals surface area contributed by atoms with E-state index in [2.05, 4.69) is 4.98 Å². The number of imidazole rings is 1. The Morgan fingerprint density at radius 2 is 1.70 bits per heavy atom. The van der Waals surface area contributed by atoms with Gasteiger partial charge in [-0.15, -0.1) is 0 Å². The van der Waals surface area contributed by atoms with Crippen LogP contribution >= 0.6 is 0 Å². The van der Waals surface area contributed by atoms with Crippen LogP contribution in [0.15, 0.2) is 54.7 Å². The van der Waals surface area contributed by atoms with Crippen LogP contribution in [0.4, 0.5) is 4.39 Å². The minimum Gasteiger partial charge on any atom is -0.327 e. The number of rotatable bonds is 6. The Morgan fingerprint density at radius 1 is 1.03 bits per heavy atom. The second-order valence-electron chi connectivity index (χ2n) is 7.98. The number of nitrogens with zero attached hydrogens (tertiary/aromatic N) is 3. The molecule has 5 nitrogen and oxygen atoms in total. The Morgan fingerprint density at radius 3 is 2.40 bits per heavy atom. The summed E-state index contributed by atoms with van der Waals surface area (Å²) in [5.41, 5.74) is 3.80. The molecule has 0 radical (unpaired) electrons. The summed E-state index contributed by atoms with van der Waals surface area (Å²) in [6, 6.07) is 13.7. The highest BCUT2D eigenvalue weighted by Gasteiger charge is 2.37. The summed E-state index contributed by atoms with van der Waals surface area (Å²) in [7, 11) is -3.48. The van der Waals surface area contributed by atoms with Gasteiger partial charge in [0.2, 0.25) is 10.0 Å². The first-order chi connectivity index (χ1) is 14.3. The van der Waals surface area contributed by atoms with Crippen molar-refractivity contribution in [1.29, 1.82) is 0 Å². The van der Waals surface area contributed by atoms with Crippen LogP contribution in [0.2, 0.25) is 0 Å².